The van der Waals surface area contributed by atoms with Gasteiger partial charge in [-0.1, -0.05) is 172 Å². The zero-order valence-electron chi connectivity index (χ0n) is 32.3. The number of para-hydroxylation sites is 2. The van der Waals surface area contributed by atoms with Crippen LogP contribution in [0, 0.1) is 0 Å². The molecule has 276 valence electrons. The van der Waals surface area contributed by atoms with E-state index in [1.807, 2.05) is 12.1 Å². The summed E-state index contributed by atoms with van der Waals surface area (Å²) in [5, 5.41) is 2.26. The van der Waals surface area contributed by atoms with E-state index in [0.717, 1.165) is 72.8 Å². The molecule has 2 aromatic heterocycles. The van der Waals surface area contributed by atoms with Gasteiger partial charge in [0.05, 0.1) is 0 Å². The van der Waals surface area contributed by atoms with Gasteiger partial charge in [-0.05, 0) is 70.3 Å². The zero-order valence-corrected chi connectivity index (χ0v) is 32.3. The predicted molar refractivity (Wildman–Crippen MR) is 240 cm³/mol. The summed E-state index contributed by atoms with van der Waals surface area (Å²) < 4.78 is 13.3. The smallest absolute Gasteiger partial charge is 0.143 e. The molecule has 0 amide bonds. The number of rotatable bonds is 7. The summed E-state index contributed by atoms with van der Waals surface area (Å²) in [4.78, 5) is 2.38. The van der Waals surface area contributed by atoms with Gasteiger partial charge in [-0.15, -0.1) is 0 Å². The van der Waals surface area contributed by atoms with Gasteiger partial charge >= 0.3 is 0 Å². The summed E-state index contributed by atoms with van der Waals surface area (Å²) in [5.74, 6) is 1.85. The van der Waals surface area contributed by atoms with E-state index in [4.69, 9.17) is 8.83 Å². The van der Waals surface area contributed by atoms with E-state index >= 15 is 0 Å². The van der Waals surface area contributed by atoms with E-state index in [1.54, 1.807) is 0 Å². The molecule has 0 saturated carbocycles. The minimum Gasteiger partial charge on any atom is -0.455 e. The van der Waals surface area contributed by atoms with Crippen molar-refractivity contribution < 1.29 is 8.83 Å². The predicted octanol–water partition coefficient (Wildman–Crippen LogP) is 15.6. The molecule has 2 heterocycles. The Morgan fingerprint density at radius 3 is 1.60 bits per heavy atom. The Labute approximate surface area is 338 Å². The van der Waals surface area contributed by atoms with Crippen LogP contribution in [0.2, 0.25) is 0 Å². The number of nitrogens with zero attached hydrogens (tertiary/aromatic N) is 1. The fourth-order valence-electron chi connectivity index (χ4n) is 9.06. The van der Waals surface area contributed by atoms with Gasteiger partial charge in [-0.2, -0.15) is 0 Å². The SMILES string of the molecule is CC1(C)c2cc(N(c3ccc(-c4ccccc4)cc3)c3ccc(-c4cccc5c4oc4ccccc45)cc3)ccc2-c2c(-c3ccccc3)oc(-c3ccccc3)c21. The molecule has 0 unspecified atom stereocenters. The largest absolute Gasteiger partial charge is 0.455 e. The summed E-state index contributed by atoms with van der Waals surface area (Å²) in [6, 6.07) is 71.1. The maximum absolute atomic E-state index is 6.89. The Bertz CT molecular complexity index is 3100. The highest BCUT2D eigenvalue weighted by Crippen LogP contribution is 2.58. The Kier molecular flexibility index (Phi) is 7.84. The van der Waals surface area contributed by atoms with Gasteiger partial charge < -0.3 is 13.7 Å². The number of fused-ring (bicyclic) bond motifs is 6. The Morgan fingerprint density at radius 2 is 0.931 bits per heavy atom. The molecule has 0 atom stereocenters. The summed E-state index contributed by atoms with van der Waals surface area (Å²) in [5.41, 5.74) is 16.4. The first kappa shape index (κ1) is 33.9. The van der Waals surface area contributed by atoms with Crippen LogP contribution in [0.3, 0.4) is 0 Å². The lowest BCUT2D eigenvalue weighted by atomic mass is 9.81. The molecule has 0 radical (unpaired) electrons. The van der Waals surface area contributed by atoms with Gasteiger partial charge in [0.25, 0.3) is 0 Å². The molecule has 0 spiro atoms. The minimum absolute atomic E-state index is 0.333. The van der Waals surface area contributed by atoms with Gasteiger partial charge in [-0.25, -0.2) is 0 Å². The first-order chi connectivity index (χ1) is 28.5. The number of furan rings is 2. The molecule has 8 aromatic carbocycles. The molecule has 3 nitrogen and oxygen atoms in total. The molecule has 0 N–H and O–H groups in total. The van der Waals surface area contributed by atoms with Crippen molar-refractivity contribution in [2.24, 2.45) is 0 Å². The van der Waals surface area contributed by atoms with Crippen molar-refractivity contribution in [2.45, 2.75) is 19.3 Å². The average molecular weight is 746 g/mol. The molecule has 0 saturated heterocycles. The van der Waals surface area contributed by atoms with E-state index < -0.39 is 0 Å². The van der Waals surface area contributed by atoms with Crippen molar-refractivity contribution in [3.05, 3.63) is 211 Å². The average Bonchev–Trinajstić information content (AvgIpc) is 3.94. The second kappa shape index (κ2) is 13.4. The summed E-state index contributed by atoms with van der Waals surface area (Å²) in [7, 11) is 0. The molecule has 1 aliphatic carbocycles. The maximum atomic E-state index is 6.89. The molecule has 58 heavy (non-hydrogen) atoms. The number of hydrogen-bond donors (Lipinski definition) is 0. The second-order valence-corrected chi connectivity index (χ2v) is 15.7. The molecule has 10 aromatic rings. The van der Waals surface area contributed by atoms with Crippen LogP contribution in [0.5, 0.6) is 0 Å². The van der Waals surface area contributed by atoms with E-state index in [-0.39, 0.29) is 5.41 Å². The van der Waals surface area contributed by atoms with Gasteiger partial charge in [0.1, 0.15) is 22.7 Å². The van der Waals surface area contributed by atoms with E-state index in [1.165, 1.54) is 33.4 Å². The van der Waals surface area contributed by atoms with Gasteiger partial charge in [-0.3, -0.25) is 0 Å². The van der Waals surface area contributed by atoms with Crippen molar-refractivity contribution >= 4 is 39.0 Å². The lowest BCUT2D eigenvalue weighted by molar-refractivity contribution is 0.575. The van der Waals surface area contributed by atoms with Crippen LogP contribution in [0.25, 0.3) is 78.0 Å². The molecular formula is C55H39NO2. The van der Waals surface area contributed by atoms with E-state index in [0.29, 0.717) is 0 Å². The Balaban J connectivity index is 1.06. The van der Waals surface area contributed by atoms with Crippen molar-refractivity contribution in [3.63, 3.8) is 0 Å². The summed E-state index contributed by atoms with van der Waals surface area (Å²) in [6.07, 6.45) is 0. The number of hydrogen-bond acceptors (Lipinski definition) is 3. The van der Waals surface area contributed by atoms with Crippen LogP contribution in [0.1, 0.15) is 25.0 Å². The third-order valence-corrected chi connectivity index (χ3v) is 11.9. The van der Waals surface area contributed by atoms with Gasteiger partial charge in [0.2, 0.25) is 0 Å². The fourth-order valence-corrected chi connectivity index (χ4v) is 9.06. The highest BCUT2D eigenvalue weighted by molar-refractivity contribution is 6.09. The normalized spacial score (nSPS) is 12.8. The van der Waals surface area contributed by atoms with Crippen molar-refractivity contribution in [1.29, 1.82) is 0 Å². The van der Waals surface area contributed by atoms with Gasteiger partial charge in [0, 0.05) is 61.1 Å². The molecule has 11 rings (SSSR count). The highest BCUT2D eigenvalue weighted by Gasteiger charge is 2.43. The van der Waals surface area contributed by atoms with E-state index in [9.17, 15) is 0 Å². The lowest BCUT2D eigenvalue weighted by Gasteiger charge is -2.28. The van der Waals surface area contributed by atoms with Crippen molar-refractivity contribution in [3.8, 4) is 56.0 Å². The maximum Gasteiger partial charge on any atom is 0.143 e. The molecule has 1 aliphatic rings. The Hall–Kier alpha value is -7.36. The van der Waals surface area contributed by atoms with Crippen molar-refractivity contribution in [1.82, 2.24) is 0 Å². The first-order valence-electron chi connectivity index (χ1n) is 19.9. The van der Waals surface area contributed by atoms with Crippen molar-refractivity contribution in [2.75, 3.05) is 4.90 Å². The monoisotopic (exact) mass is 745 g/mol. The second-order valence-electron chi connectivity index (χ2n) is 15.7. The van der Waals surface area contributed by atoms with Crippen LogP contribution in [0.15, 0.2) is 209 Å². The lowest BCUT2D eigenvalue weighted by Crippen LogP contribution is -2.17. The van der Waals surface area contributed by atoms with E-state index in [2.05, 4.69) is 207 Å². The van der Waals surface area contributed by atoms with Crippen LogP contribution in [0.4, 0.5) is 17.1 Å². The quantitative estimate of drug-likeness (QED) is 0.163. The number of benzene rings is 8. The molecule has 0 bridgehead atoms. The third kappa shape index (κ3) is 5.43. The molecular weight excluding hydrogens is 707 g/mol. The van der Waals surface area contributed by atoms with Crippen LogP contribution < -0.4 is 4.90 Å². The van der Waals surface area contributed by atoms with Crippen LogP contribution >= 0.6 is 0 Å². The topological polar surface area (TPSA) is 29.5 Å². The standard InChI is InChI=1S/C55H39NO2/c1-55(2)48-35-43(33-34-47(48)50-51(55)53(40-19-10-5-11-20-40)58-52(50)39-17-8-4-9-18-39)56(41-29-25-37(26-30-41)36-15-6-3-7-16-36)42-31-27-38(28-32-42)44-22-14-23-46-45-21-12-13-24-49(45)57-54(44)46/h3-35H,1-2H3. The Morgan fingerprint density at radius 1 is 0.397 bits per heavy atom. The highest BCUT2D eigenvalue weighted by atomic mass is 16.3. The molecule has 0 fully saturated rings. The molecule has 0 aliphatic heterocycles. The first-order valence-corrected chi connectivity index (χ1v) is 19.9. The fraction of sp³-hybridized carbons (Fsp3) is 0.0545. The third-order valence-electron chi connectivity index (χ3n) is 11.9. The molecule has 3 heteroatoms. The number of anilines is 3. The van der Waals surface area contributed by atoms with Crippen LogP contribution in [-0.4, -0.2) is 0 Å². The van der Waals surface area contributed by atoms with Crippen LogP contribution in [-0.2, 0) is 5.41 Å². The zero-order chi connectivity index (χ0) is 38.8. The van der Waals surface area contributed by atoms with Gasteiger partial charge in [0.15, 0.2) is 0 Å². The summed E-state index contributed by atoms with van der Waals surface area (Å²) >= 11 is 0. The summed E-state index contributed by atoms with van der Waals surface area (Å²) in [6.45, 7) is 4.68. The minimum atomic E-state index is -0.333.